The number of hydrogen-bond donors (Lipinski definition) is 1. The summed E-state index contributed by atoms with van der Waals surface area (Å²) in [5.74, 6) is 0.551. The summed E-state index contributed by atoms with van der Waals surface area (Å²) in [6.07, 6.45) is 0. The van der Waals surface area contributed by atoms with Gasteiger partial charge in [-0.05, 0) is 49.4 Å². The summed E-state index contributed by atoms with van der Waals surface area (Å²) in [6.45, 7) is 2.46. The second-order valence-corrected chi connectivity index (χ2v) is 7.32. The summed E-state index contributed by atoms with van der Waals surface area (Å²) in [6, 6.07) is 17.0. The lowest BCUT2D eigenvalue weighted by Crippen LogP contribution is -2.33. The number of carbonyl (C=O) groups is 1. The van der Waals surface area contributed by atoms with E-state index in [0.29, 0.717) is 29.2 Å². The molecule has 0 bridgehead atoms. The van der Waals surface area contributed by atoms with Crippen LogP contribution in [0.3, 0.4) is 0 Å². The van der Waals surface area contributed by atoms with E-state index in [1.807, 2.05) is 19.1 Å². The third-order valence-corrected chi connectivity index (χ3v) is 5.13. The van der Waals surface area contributed by atoms with Gasteiger partial charge in [-0.25, -0.2) is 9.48 Å². The minimum atomic E-state index is -0.769. The van der Waals surface area contributed by atoms with Gasteiger partial charge >= 0.3 is 5.63 Å². The molecule has 0 aliphatic carbocycles. The molecule has 0 aliphatic heterocycles. The van der Waals surface area contributed by atoms with Crippen molar-refractivity contribution in [2.24, 2.45) is 0 Å². The van der Waals surface area contributed by atoms with Gasteiger partial charge in [0.15, 0.2) is 11.3 Å². The third kappa shape index (κ3) is 4.83. The fraction of sp³-hybridized carbons (Fsp3) is 0.200. The Labute approximate surface area is 194 Å². The first-order chi connectivity index (χ1) is 16.5. The van der Waals surface area contributed by atoms with Crippen molar-refractivity contribution in [1.82, 2.24) is 15.1 Å². The van der Waals surface area contributed by atoms with Crippen LogP contribution in [0.5, 0.6) is 11.5 Å². The zero-order valence-electron chi connectivity index (χ0n) is 18.7. The summed E-state index contributed by atoms with van der Waals surface area (Å²) in [7, 11) is 1.58. The van der Waals surface area contributed by atoms with Crippen molar-refractivity contribution in [2.45, 2.75) is 13.5 Å². The molecule has 0 saturated heterocycles. The summed E-state index contributed by atoms with van der Waals surface area (Å²) < 4.78 is 17.2. The fourth-order valence-electron chi connectivity index (χ4n) is 3.44. The molecule has 0 atom stereocenters. The maximum atomic E-state index is 12.6. The lowest BCUT2D eigenvalue weighted by Gasteiger charge is -2.10. The molecule has 2 aromatic carbocycles. The van der Waals surface area contributed by atoms with Crippen LogP contribution < -0.4 is 26.0 Å². The van der Waals surface area contributed by atoms with E-state index in [1.165, 1.54) is 16.8 Å². The highest BCUT2D eigenvalue weighted by Gasteiger charge is 2.15. The number of carbonyl (C=O) groups excluding carboxylic acids is 1. The van der Waals surface area contributed by atoms with Gasteiger partial charge < -0.3 is 19.2 Å². The van der Waals surface area contributed by atoms with E-state index < -0.39 is 11.5 Å². The van der Waals surface area contributed by atoms with Crippen LogP contribution >= 0.6 is 0 Å². The number of para-hydroxylation sites is 1. The second-order valence-electron chi connectivity index (χ2n) is 7.32. The Kier molecular flexibility index (Phi) is 6.72. The first-order valence-electron chi connectivity index (χ1n) is 10.7. The Balaban J connectivity index is 1.47. The normalized spacial score (nSPS) is 10.8. The number of nitrogens with zero attached hydrogens (tertiary/aromatic N) is 2. The molecule has 0 unspecified atom stereocenters. The molecule has 0 saturated carbocycles. The van der Waals surface area contributed by atoms with Crippen molar-refractivity contribution in [3.8, 4) is 22.8 Å². The second kappa shape index (κ2) is 10.0. The minimum Gasteiger partial charge on any atom is -0.497 e. The number of amides is 1. The summed E-state index contributed by atoms with van der Waals surface area (Å²) >= 11 is 0. The molecule has 4 aromatic rings. The van der Waals surface area contributed by atoms with Crippen LogP contribution in [-0.2, 0) is 6.54 Å². The molecule has 0 radical (unpaired) electrons. The average Bonchev–Trinajstić information content (AvgIpc) is 2.85. The molecule has 1 amide bonds. The molecule has 0 fully saturated rings. The van der Waals surface area contributed by atoms with Crippen LogP contribution in [0.4, 0.5) is 0 Å². The van der Waals surface area contributed by atoms with E-state index in [1.54, 1.807) is 43.5 Å². The van der Waals surface area contributed by atoms with E-state index in [9.17, 15) is 14.4 Å². The molecule has 0 spiro atoms. The van der Waals surface area contributed by atoms with Gasteiger partial charge in [-0.1, -0.05) is 12.1 Å². The highest BCUT2D eigenvalue weighted by Crippen LogP contribution is 2.25. The maximum absolute atomic E-state index is 12.6. The third-order valence-electron chi connectivity index (χ3n) is 5.13. The molecule has 9 heteroatoms. The molecule has 4 rings (SSSR count). The topological polar surface area (TPSA) is 113 Å². The van der Waals surface area contributed by atoms with E-state index in [-0.39, 0.29) is 29.8 Å². The number of ether oxygens (including phenoxy) is 2. The van der Waals surface area contributed by atoms with Gasteiger partial charge in [0.1, 0.15) is 11.3 Å². The molecular weight excluding hydrogens is 438 g/mol. The standard InChI is InChI=1S/C25H23N3O6/c1-3-33-21-6-4-5-17-15-19(25(31)34-23(17)21)24(30)26-13-14-28-22(29)12-11-20(27-28)16-7-9-18(32-2)10-8-16/h4-12,15H,3,13-14H2,1-2H3,(H,26,30). The fourth-order valence-corrected chi connectivity index (χ4v) is 3.44. The Morgan fingerprint density at radius 1 is 1.09 bits per heavy atom. The van der Waals surface area contributed by atoms with Gasteiger partial charge in [-0.3, -0.25) is 9.59 Å². The summed E-state index contributed by atoms with van der Waals surface area (Å²) in [4.78, 5) is 37.3. The van der Waals surface area contributed by atoms with Crippen molar-refractivity contribution in [3.63, 3.8) is 0 Å². The molecule has 34 heavy (non-hydrogen) atoms. The van der Waals surface area contributed by atoms with E-state index in [2.05, 4.69) is 10.4 Å². The Morgan fingerprint density at radius 2 is 1.88 bits per heavy atom. The number of nitrogens with one attached hydrogen (secondary N) is 1. The zero-order chi connectivity index (χ0) is 24.1. The Morgan fingerprint density at radius 3 is 2.62 bits per heavy atom. The molecule has 174 valence electrons. The Bertz CT molecular complexity index is 1440. The van der Waals surface area contributed by atoms with Gasteiger partial charge in [0.25, 0.3) is 11.5 Å². The molecule has 1 N–H and O–H groups in total. The monoisotopic (exact) mass is 461 g/mol. The number of rotatable bonds is 8. The lowest BCUT2D eigenvalue weighted by atomic mass is 10.1. The minimum absolute atomic E-state index is 0.0915. The van der Waals surface area contributed by atoms with Crippen molar-refractivity contribution in [1.29, 1.82) is 0 Å². The number of benzene rings is 2. The van der Waals surface area contributed by atoms with Crippen molar-refractivity contribution in [2.75, 3.05) is 20.3 Å². The van der Waals surface area contributed by atoms with Crippen LogP contribution in [0.2, 0.25) is 0 Å². The van der Waals surface area contributed by atoms with Gasteiger partial charge in [0.2, 0.25) is 0 Å². The first kappa shape index (κ1) is 22.8. The van der Waals surface area contributed by atoms with Gasteiger partial charge in [-0.15, -0.1) is 0 Å². The lowest BCUT2D eigenvalue weighted by molar-refractivity contribution is 0.0948. The highest BCUT2D eigenvalue weighted by molar-refractivity contribution is 5.97. The van der Waals surface area contributed by atoms with Crippen molar-refractivity contribution in [3.05, 3.63) is 87.0 Å². The van der Waals surface area contributed by atoms with Crippen molar-refractivity contribution < 1.29 is 18.7 Å². The highest BCUT2D eigenvalue weighted by atomic mass is 16.5. The molecule has 2 aromatic heterocycles. The number of hydrogen-bond acceptors (Lipinski definition) is 7. The van der Waals surface area contributed by atoms with E-state index in [4.69, 9.17) is 13.9 Å². The van der Waals surface area contributed by atoms with Crippen molar-refractivity contribution >= 4 is 16.9 Å². The number of methoxy groups -OCH3 is 1. The summed E-state index contributed by atoms with van der Waals surface area (Å²) in [5.41, 5.74) is 0.507. The van der Waals surface area contributed by atoms with Crippen LogP contribution in [-0.4, -0.2) is 35.9 Å². The molecule has 2 heterocycles. The summed E-state index contributed by atoms with van der Waals surface area (Å²) in [5, 5.41) is 7.59. The first-order valence-corrected chi connectivity index (χ1v) is 10.7. The predicted molar refractivity (Wildman–Crippen MR) is 126 cm³/mol. The van der Waals surface area contributed by atoms with Crippen LogP contribution in [0.25, 0.3) is 22.2 Å². The predicted octanol–water partition coefficient (Wildman–Crippen LogP) is 2.85. The largest absolute Gasteiger partial charge is 0.497 e. The van der Waals surface area contributed by atoms with E-state index in [0.717, 1.165) is 5.56 Å². The zero-order valence-corrected chi connectivity index (χ0v) is 18.7. The van der Waals surface area contributed by atoms with Crippen LogP contribution in [0.1, 0.15) is 17.3 Å². The average molecular weight is 461 g/mol. The quantitative estimate of drug-likeness (QED) is 0.402. The smallest absolute Gasteiger partial charge is 0.349 e. The van der Waals surface area contributed by atoms with Crippen LogP contribution in [0, 0.1) is 0 Å². The van der Waals surface area contributed by atoms with Gasteiger partial charge in [0.05, 0.1) is 26.0 Å². The number of aromatic nitrogens is 2. The Hall–Kier alpha value is -4.40. The number of fused-ring (bicyclic) bond motifs is 1. The van der Waals surface area contributed by atoms with Gasteiger partial charge in [-0.2, -0.15) is 5.10 Å². The molecule has 9 nitrogen and oxygen atoms in total. The molecular formula is C25H23N3O6. The molecule has 0 aliphatic rings. The van der Waals surface area contributed by atoms with Crippen LogP contribution in [0.15, 0.2) is 74.7 Å². The van der Waals surface area contributed by atoms with E-state index >= 15 is 0 Å². The van der Waals surface area contributed by atoms with Gasteiger partial charge in [0, 0.05) is 23.6 Å². The SMILES string of the molecule is CCOc1cccc2cc(C(=O)NCCn3nc(-c4ccc(OC)cc4)ccc3=O)c(=O)oc12. The maximum Gasteiger partial charge on any atom is 0.349 e.